The van der Waals surface area contributed by atoms with Gasteiger partial charge in [-0.05, 0) is 12.1 Å². The van der Waals surface area contributed by atoms with Crippen molar-refractivity contribution in [2.75, 3.05) is 6.61 Å². The van der Waals surface area contributed by atoms with E-state index in [4.69, 9.17) is 13.9 Å². The highest BCUT2D eigenvalue weighted by atomic mass is 35.5. The minimum Gasteiger partial charge on any atom is -1.00 e. The van der Waals surface area contributed by atoms with Crippen LogP contribution in [0.2, 0.25) is 0 Å². The zero-order valence-corrected chi connectivity index (χ0v) is 16.5. The van der Waals surface area contributed by atoms with E-state index in [0.717, 1.165) is 6.07 Å². The molecule has 4 rings (SSSR count). The van der Waals surface area contributed by atoms with E-state index in [1.807, 2.05) is 0 Å². The molecule has 1 saturated heterocycles. The molecule has 4 atom stereocenters. The van der Waals surface area contributed by atoms with Crippen LogP contribution in [0.3, 0.4) is 0 Å². The van der Waals surface area contributed by atoms with Crippen molar-refractivity contribution in [1.29, 1.82) is 0 Å². The summed E-state index contributed by atoms with van der Waals surface area (Å²) in [5.74, 6) is -1.37. The molecule has 7 N–H and O–H groups in total. The van der Waals surface area contributed by atoms with Crippen LogP contribution in [0.25, 0.3) is 22.3 Å². The Morgan fingerprint density at radius 2 is 1.61 bits per heavy atom. The van der Waals surface area contributed by atoms with E-state index in [1.165, 1.54) is 30.3 Å². The van der Waals surface area contributed by atoms with Crippen molar-refractivity contribution < 1.29 is 62.0 Å². The summed E-state index contributed by atoms with van der Waals surface area (Å²) in [7, 11) is 0. The molecule has 0 bridgehead atoms. The van der Waals surface area contributed by atoms with Gasteiger partial charge in [-0.1, -0.05) is 0 Å². The molecular weight excluding hydrogens is 436 g/mol. The predicted octanol–water partition coefficient (Wildman–Crippen LogP) is -1.97. The van der Waals surface area contributed by atoms with Crippen molar-refractivity contribution >= 4 is 11.0 Å². The van der Waals surface area contributed by atoms with Gasteiger partial charge >= 0.3 is 11.3 Å². The summed E-state index contributed by atoms with van der Waals surface area (Å²) >= 11 is 0. The second-order valence-electron chi connectivity index (χ2n) is 6.89. The molecule has 3 aromatic rings. The molecule has 0 amide bonds. The first-order chi connectivity index (χ1) is 14.2. The van der Waals surface area contributed by atoms with Crippen LogP contribution in [-0.2, 0) is 4.74 Å². The summed E-state index contributed by atoms with van der Waals surface area (Å²) in [6.45, 7) is -0.290. The minimum atomic E-state index is -1.58. The van der Waals surface area contributed by atoms with Crippen molar-refractivity contribution in [1.82, 2.24) is 0 Å². The van der Waals surface area contributed by atoms with E-state index < -0.39 is 30.4 Å². The van der Waals surface area contributed by atoms with Crippen LogP contribution in [0, 0.1) is 0 Å². The van der Waals surface area contributed by atoms with Gasteiger partial charge in [0, 0.05) is 18.2 Å². The fraction of sp³-hybridized carbons (Fsp3) is 0.250. The van der Waals surface area contributed by atoms with Gasteiger partial charge in [0.05, 0.1) is 18.2 Å². The third kappa shape index (κ3) is 4.24. The van der Waals surface area contributed by atoms with Crippen LogP contribution in [0.15, 0.2) is 40.8 Å². The second-order valence-corrected chi connectivity index (χ2v) is 6.89. The maximum absolute atomic E-state index is 10.2. The number of benzene rings is 2. The van der Waals surface area contributed by atoms with E-state index >= 15 is 0 Å². The van der Waals surface area contributed by atoms with Gasteiger partial charge < -0.3 is 57.6 Å². The highest BCUT2D eigenvalue weighted by molar-refractivity contribution is 5.88. The van der Waals surface area contributed by atoms with Gasteiger partial charge in [-0.15, -0.1) is 0 Å². The molecule has 0 aliphatic carbocycles. The summed E-state index contributed by atoms with van der Waals surface area (Å²) in [4.78, 5) is 0. The number of phenols is 4. The SMILES string of the molecule is Oc1cc(O)c2cc(OC3OCC(O)C(O)C3O)c(-c3ccc(O)c(O)c3)[o+]c2c1.[Cl-]. The lowest BCUT2D eigenvalue weighted by Crippen LogP contribution is -3.00. The molecule has 11 heteroatoms. The van der Waals surface area contributed by atoms with Crippen molar-refractivity contribution in [3.63, 3.8) is 0 Å². The van der Waals surface area contributed by atoms with Gasteiger partial charge in [0.25, 0.3) is 0 Å². The van der Waals surface area contributed by atoms with Gasteiger partial charge in [0.15, 0.2) is 11.5 Å². The molecular formula is C20H19ClO10. The summed E-state index contributed by atoms with van der Waals surface area (Å²) in [5.41, 5.74) is 0.346. The maximum Gasteiger partial charge on any atom is 0.402 e. The molecule has 1 fully saturated rings. The third-order valence-corrected chi connectivity index (χ3v) is 4.75. The number of aliphatic hydroxyl groups is 3. The summed E-state index contributed by atoms with van der Waals surface area (Å²) in [6.07, 6.45) is -5.76. The van der Waals surface area contributed by atoms with Crippen LogP contribution in [0.1, 0.15) is 0 Å². The summed E-state index contributed by atoms with van der Waals surface area (Å²) < 4.78 is 16.7. The normalized spacial score (nSPS) is 23.3. The molecule has 1 aliphatic heterocycles. The maximum atomic E-state index is 10.2. The molecule has 0 saturated carbocycles. The summed E-state index contributed by atoms with van der Waals surface area (Å²) in [6, 6.07) is 7.56. The minimum absolute atomic E-state index is 0. The first kappa shape index (κ1) is 22.7. The van der Waals surface area contributed by atoms with Crippen LogP contribution < -0.4 is 17.1 Å². The van der Waals surface area contributed by atoms with Gasteiger partial charge in [0.2, 0.25) is 12.0 Å². The number of phenolic OH excluding ortho intramolecular Hbond substituents is 4. The molecule has 0 radical (unpaired) electrons. The monoisotopic (exact) mass is 454 g/mol. The molecule has 0 spiro atoms. The van der Waals surface area contributed by atoms with Gasteiger partial charge in [-0.2, -0.15) is 0 Å². The zero-order valence-electron chi connectivity index (χ0n) is 15.7. The predicted molar refractivity (Wildman–Crippen MR) is 101 cm³/mol. The lowest BCUT2D eigenvalue weighted by atomic mass is 10.1. The summed E-state index contributed by atoms with van der Waals surface area (Å²) in [5, 5.41) is 69.1. The van der Waals surface area contributed by atoms with E-state index in [2.05, 4.69) is 0 Å². The lowest BCUT2D eigenvalue weighted by Gasteiger charge is -2.34. The molecule has 10 nitrogen and oxygen atoms in total. The first-order valence-corrected chi connectivity index (χ1v) is 8.92. The van der Waals surface area contributed by atoms with Crippen LogP contribution in [0.5, 0.6) is 28.7 Å². The van der Waals surface area contributed by atoms with Crippen molar-refractivity contribution in [3.05, 3.63) is 36.4 Å². The van der Waals surface area contributed by atoms with Crippen LogP contribution in [-0.4, -0.2) is 67.0 Å². The Bertz CT molecular complexity index is 1110. The molecule has 2 aromatic carbocycles. The van der Waals surface area contributed by atoms with E-state index in [-0.39, 0.29) is 64.3 Å². The highest BCUT2D eigenvalue weighted by Gasteiger charge is 2.40. The first-order valence-electron chi connectivity index (χ1n) is 8.92. The number of aliphatic hydroxyl groups excluding tert-OH is 3. The quantitative estimate of drug-likeness (QED) is 0.174. The number of hydrogen-bond donors (Lipinski definition) is 7. The molecule has 31 heavy (non-hydrogen) atoms. The number of fused-ring (bicyclic) bond motifs is 1. The smallest absolute Gasteiger partial charge is 0.402 e. The third-order valence-electron chi connectivity index (χ3n) is 4.75. The Morgan fingerprint density at radius 3 is 2.32 bits per heavy atom. The van der Waals surface area contributed by atoms with Gasteiger partial charge in [-0.25, -0.2) is 4.42 Å². The van der Waals surface area contributed by atoms with Gasteiger partial charge in [0.1, 0.15) is 35.2 Å². The molecule has 1 aliphatic rings. The molecule has 4 unspecified atom stereocenters. The highest BCUT2D eigenvalue weighted by Crippen LogP contribution is 2.41. The fourth-order valence-corrected chi connectivity index (χ4v) is 3.15. The van der Waals surface area contributed by atoms with Crippen LogP contribution >= 0.6 is 0 Å². The van der Waals surface area contributed by atoms with Gasteiger partial charge in [-0.3, -0.25) is 0 Å². The lowest BCUT2D eigenvalue weighted by molar-refractivity contribution is -0.242. The number of hydrogen-bond acceptors (Lipinski definition) is 9. The fourth-order valence-electron chi connectivity index (χ4n) is 3.15. The molecule has 1 aromatic heterocycles. The van der Waals surface area contributed by atoms with Crippen molar-refractivity contribution in [3.8, 4) is 40.1 Å². The largest absolute Gasteiger partial charge is 1.00 e. The average Bonchev–Trinajstić information content (AvgIpc) is 2.70. The molecule has 166 valence electrons. The Balaban J connectivity index is 0.00000272. The van der Waals surface area contributed by atoms with Crippen molar-refractivity contribution in [2.45, 2.75) is 24.6 Å². The Morgan fingerprint density at radius 1 is 0.871 bits per heavy atom. The molecule has 2 heterocycles. The van der Waals surface area contributed by atoms with E-state index in [0.29, 0.717) is 0 Å². The Hall–Kier alpha value is -3.02. The van der Waals surface area contributed by atoms with E-state index in [9.17, 15) is 35.7 Å². The van der Waals surface area contributed by atoms with Crippen molar-refractivity contribution in [2.24, 2.45) is 0 Å². The standard InChI is InChI=1S/C20H18O10.ClH/c21-9-4-12(23)10-6-16(30-20-18(27)17(26)14(25)7-28-20)19(29-15(10)5-9)8-1-2-11(22)13(24)3-8;/h1-6,14,17-18,20,25-27H,7H2,(H3-,21,22,23,24);1H. The Kier molecular flexibility index (Phi) is 6.30. The zero-order chi connectivity index (χ0) is 21.6. The number of halogens is 1. The number of rotatable bonds is 3. The van der Waals surface area contributed by atoms with E-state index in [1.54, 1.807) is 0 Å². The van der Waals surface area contributed by atoms with Crippen LogP contribution in [0.4, 0.5) is 0 Å². The number of aromatic hydroxyl groups is 4. The topological polar surface area (TPSA) is 171 Å². The number of ether oxygens (including phenoxy) is 2. The second kappa shape index (κ2) is 8.61. The average molecular weight is 455 g/mol. The Labute approximate surface area is 181 Å².